The fourth-order valence-electron chi connectivity index (χ4n) is 1.21. The number of carbonyl (C=O) groups excluding carboxylic acids is 1. The van der Waals surface area contributed by atoms with Crippen molar-refractivity contribution in [2.75, 3.05) is 5.73 Å². The Morgan fingerprint density at radius 2 is 1.75 bits per heavy atom. The van der Waals surface area contributed by atoms with E-state index in [4.69, 9.17) is 20.5 Å². The molecule has 2 amide bonds. The zero-order valence-electron chi connectivity index (χ0n) is 10.5. The number of nitrogens with zero attached hydrogens (tertiary/aromatic N) is 2. The maximum absolute atomic E-state index is 9.00. The number of benzene rings is 1. The van der Waals surface area contributed by atoms with Crippen LogP contribution in [0.15, 0.2) is 42.6 Å². The summed E-state index contributed by atoms with van der Waals surface area (Å²) < 4.78 is 5.53. The number of nitrogens with two attached hydrogens (primary N) is 3. The van der Waals surface area contributed by atoms with Crippen molar-refractivity contribution < 1.29 is 9.53 Å². The summed E-state index contributed by atoms with van der Waals surface area (Å²) in [5.74, 6) is 1.25. The molecule has 0 aliphatic rings. The lowest BCUT2D eigenvalue weighted by atomic mass is 10.3. The van der Waals surface area contributed by atoms with E-state index >= 15 is 0 Å². The SMILES string of the molecule is N#Cc1cc(Oc2ccc(N)cc2)ccn1.NC(N)=O. The van der Waals surface area contributed by atoms with Crippen LogP contribution in [-0.4, -0.2) is 11.0 Å². The molecule has 0 aliphatic heterocycles. The second kappa shape index (κ2) is 7.23. The van der Waals surface area contributed by atoms with E-state index in [0.717, 1.165) is 0 Å². The van der Waals surface area contributed by atoms with Gasteiger partial charge < -0.3 is 21.9 Å². The molecule has 0 fully saturated rings. The summed E-state index contributed by atoms with van der Waals surface area (Å²) >= 11 is 0. The standard InChI is InChI=1S/C12H9N3O.CH4N2O/c13-8-10-7-12(5-6-15-10)16-11-3-1-9(14)2-4-11;2-1(3)4/h1-7H,14H2;(H4,2,3,4). The Morgan fingerprint density at radius 3 is 2.30 bits per heavy atom. The molecule has 0 spiro atoms. The second-order valence-electron chi connectivity index (χ2n) is 3.56. The highest BCUT2D eigenvalue weighted by atomic mass is 16.5. The number of hydrogen-bond acceptors (Lipinski definition) is 5. The number of amides is 2. The third kappa shape index (κ3) is 5.37. The van der Waals surface area contributed by atoms with E-state index in [2.05, 4.69) is 16.5 Å². The number of nitrogen functional groups attached to an aromatic ring is 1. The van der Waals surface area contributed by atoms with E-state index in [0.29, 0.717) is 22.9 Å². The molecule has 0 radical (unpaired) electrons. The van der Waals surface area contributed by atoms with Crippen molar-refractivity contribution >= 4 is 11.7 Å². The first-order chi connectivity index (χ1) is 9.51. The van der Waals surface area contributed by atoms with Crippen LogP contribution in [-0.2, 0) is 0 Å². The Bertz CT molecular complexity index is 615. The van der Waals surface area contributed by atoms with Crippen LogP contribution in [0.1, 0.15) is 5.69 Å². The van der Waals surface area contributed by atoms with Crippen molar-refractivity contribution in [3.8, 4) is 17.6 Å². The molecule has 2 rings (SSSR count). The number of rotatable bonds is 2. The molecule has 0 unspecified atom stereocenters. The van der Waals surface area contributed by atoms with E-state index in [1.54, 1.807) is 36.4 Å². The molecule has 1 aromatic heterocycles. The summed E-state index contributed by atoms with van der Waals surface area (Å²) in [6.07, 6.45) is 1.53. The van der Waals surface area contributed by atoms with Crippen molar-refractivity contribution in [1.82, 2.24) is 4.98 Å². The van der Waals surface area contributed by atoms with Gasteiger partial charge in [0.05, 0.1) is 0 Å². The van der Waals surface area contributed by atoms with Gasteiger partial charge in [0.1, 0.15) is 23.3 Å². The Morgan fingerprint density at radius 1 is 1.15 bits per heavy atom. The quantitative estimate of drug-likeness (QED) is 0.707. The molecule has 1 heterocycles. The van der Waals surface area contributed by atoms with E-state index in [-0.39, 0.29) is 0 Å². The van der Waals surface area contributed by atoms with Gasteiger partial charge >= 0.3 is 6.03 Å². The van der Waals surface area contributed by atoms with Crippen LogP contribution < -0.4 is 21.9 Å². The van der Waals surface area contributed by atoms with Crippen LogP contribution in [0.2, 0.25) is 0 Å². The number of aromatic nitrogens is 1. The number of anilines is 1. The number of nitriles is 1. The van der Waals surface area contributed by atoms with E-state index < -0.39 is 6.03 Å². The van der Waals surface area contributed by atoms with Crippen molar-refractivity contribution in [3.63, 3.8) is 0 Å². The van der Waals surface area contributed by atoms with Crippen molar-refractivity contribution in [1.29, 1.82) is 5.26 Å². The highest BCUT2D eigenvalue weighted by Gasteiger charge is 1.99. The number of urea groups is 1. The smallest absolute Gasteiger partial charge is 0.309 e. The zero-order valence-corrected chi connectivity index (χ0v) is 10.5. The molecule has 0 aliphatic carbocycles. The van der Waals surface area contributed by atoms with E-state index in [1.807, 2.05) is 6.07 Å². The molecule has 2 aromatic rings. The van der Waals surface area contributed by atoms with Crippen molar-refractivity contribution in [3.05, 3.63) is 48.3 Å². The van der Waals surface area contributed by atoms with Gasteiger partial charge in [0.15, 0.2) is 0 Å². The molecular formula is C13H13N5O2. The molecule has 0 atom stereocenters. The first-order valence-electron chi connectivity index (χ1n) is 5.45. The van der Waals surface area contributed by atoms with Gasteiger partial charge in [-0.2, -0.15) is 5.26 Å². The third-order valence-corrected chi connectivity index (χ3v) is 1.96. The summed E-state index contributed by atoms with van der Waals surface area (Å²) in [4.78, 5) is 12.9. The Kier molecular flexibility index (Phi) is 5.34. The highest BCUT2D eigenvalue weighted by molar-refractivity contribution is 5.69. The molecule has 7 nitrogen and oxygen atoms in total. The predicted octanol–water partition coefficient (Wildman–Crippen LogP) is 1.35. The summed E-state index contributed by atoms with van der Waals surface area (Å²) in [5.41, 5.74) is 15.1. The van der Waals surface area contributed by atoms with Gasteiger partial charge in [-0.1, -0.05) is 0 Å². The molecule has 0 saturated carbocycles. The normalized spacial score (nSPS) is 8.75. The summed E-state index contributed by atoms with van der Waals surface area (Å²) in [5, 5.41) is 8.68. The first kappa shape index (κ1) is 14.8. The Balaban J connectivity index is 0.000000444. The summed E-state index contributed by atoms with van der Waals surface area (Å²) in [6.45, 7) is 0. The van der Waals surface area contributed by atoms with Gasteiger partial charge in [-0.15, -0.1) is 0 Å². The largest absolute Gasteiger partial charge is 0.457 e. The van der Waals surface area contributed by atoms with Crippen molar-refractivity contribution in [2.24, 2.45) is 11.5 Å². The summed E-state index contributed by atoms with van der Waals surface area (Å²) in [7, 11) is 0. The van der Waals surface area contributed by atoms with E-state index in [1.165, 1.54) is 6.20 Å². The van der Waals surface area contributed by atoms with Gasteiger partial charge in [0.25, 0.3) is 0 Å². The van der Waals surface area contributed by atoms with Gasteiger partial charge in [-0.25, -0.2) is 9.78 Å². The monoisotopic (exact) mass is 271 g/mol. The maximum atomic E-state index is 9.00. The van der Waals surface area contributed by atoms with Gasteiger partial charge in [-0.05, 0) is 30.3 Å². The molecule has 0 bridgehead atoms. The van der Waals surface area contributed by atoms with E-state index in [9.17, 15) is 0 Å². The Hall–Kier alpha value is -3.27. The maximum Gasteiger partial charge on any atom is 0.309 e. The summed E-state index contributed by atoms with van der Waals surface area (Å²) in [6, 6.07) is 11.4. The van der Waals surface area contributed by atoms with Crippen LogP contribution in [0.5, 0.6) is 11.5 Å². The van der Waals surface area contributed by atoms with Crippen LogP contribution in [0, 0.1) is 11.3 Å². The minimum Gasteiger partial charge on any atom is -0.457 e. The molecule has 6 N–H and O–H groups in total. The highest BCUT2D eigenvalue weighted by Crippen LogP contribution is 2.21. The average molecular weight is 271 g/mol. The van der Waals surface area contributed by atoms with Gasteiger partial charge in [0, 0.05) is 18.0 Å². The van der Waals surface area contributed by atoms with Crippen LogP contribution in [0.25, 0.3) is 0 Å². The number of carbonyl (C=O) groups is 1. The predicted molar refractivity (Wildman–Crippen MR) is 73.7 cm³/mol. The second-order valence-corrected chi connectivity index (χ2v) is 3.56. The van der Waals surface area contributed by atoms with Crippen LogP contribution in [0.3, 0.4) is 0 Å². The van der Waals surface area contributed by atoms with Crippen LogP contribution in [0.4, 0.5) is 10.5 Å². The van der Waals surface area contributed by atoms with Crippen molar-refractivity contribution in [2.45, 2.75) is 0 Å². The van der Waals surface area contributed by atoms with Gasteiger partial charge in [-0.3, -0.25) is 0 Å². The molecule has 7 heteroatoms. The lowest BCUT2D eigenvalue weighted by molar-refractivity contribution is 0.256. The topological polar surface area (TPSA) is 141 Å². The number of primary amides is 2. The first-order valence-corrected chi connectivity index (χ1v) is 5.45. The zero-order chi connectivity index (χ0) is 15.0. The number of pyridine rings is 1. The lowest BCUT2D eigenvalue weighted by Crippen LogP contribution is -2.18. The lowest BCUT2D eigenvalue weighted by Gasteiger charge is -2.05. The third-order valence-electron chi connectivity index (χ3n) is 1.96. The number of hydrogen-bond donors (Lipinski definition) is 3. The Labute approximate surface area is 115 Å². The fourth-order valence-corrected chi connectivity index (χ4v) is 1.21. The fraction of sp³-hybridized carbons (Fsp3) is 0. The average Bonchev–Trinajstić information content (AvgIpc) is 2.41. The van der Waals surface area contributed by atoms with Gasteiger partial charge in [0.2, 0.25) is 0 Å². The minimum absolute atomic E-state index is 0.327. The molecular weight excluding hydrogens is 258 g/mol. The molecule has 102 valence electrons. The molecule has 20 heavy (non-hydrogen) atoms. The number of ether oxygens (including phenoxy) is 1. The molecule has 1 aromatic carbocycles. The van der Waals surface area contributed by atoms with Crippen LogP contribution >= 0.6 is 0 Å². The molecule has 0 saturated heterocycles. The minimum atomic E-state index is -0.833.